The van der Waals surface area contributed by atoms with Gasteiger partial charge in [0.15, 0.2) is 46.0 Å². The predicted molar refractivity (Wildman–Crippen MR) is 305 cm³/mol. The fraction of sp³-hybridized carbons (Fsp3) is 0.409. The Bertz CT molecular complexity index is 3610. The molecule has 0 aromatic heterocycles. The molecule has 6 aromatic carbocycles. The van der Waals surface area contributed by atoms with Gasteiger partial charge in [0, 0.05) is 67.0 Å². The van der Waals surface area contributed by atoms with Crippen molar-refractivity contribution >= 4 is 18.0 Å². The highest BCUT2D eigenvalue weighted by molar-refractivity contribution is 5.81. The average molecular weight is 1160 g/mol. The SMILES string of the molecule is CN1Cc2c(ccc3c2OCO3)C2C(O)Cc3cc4c(cc3C21)OCO4.CN1Cc2c(ccc3c2OCO3)C2C(OC(=O)C3CCCN3)Cc3cc4c(cc3C21)OCO4.O=C(O)C1CCCN1C(=O)OCC1c2ccccc2Cc2ccccc21. The third-order valence-electron chi connectivity index (χ3n) is 19.1. The molecule has 0 bridgehead atoms. The van der Waals surface area contributed by atoms with Crippen LogP contribution in [-0.4, -0.2) is 128 Å². The van der Waals surface area contributed by atoms with Crippen molar-refractivity contribution in [2.24, 2.45) is 0 Å². The average Bonchev–Trinajstić information content (AvgIpc) is 3.20. The Morgan fingerprint density at radius 1 is 0.588 bits per heavy atom. The number of rotatable bonds is 5. The molecule has 8 heterocycles. The number of carbonyl (C=O) groups excluding carboxylic acids is 2. The highest BCUT2D eigenvalue weighted by atomic mass is 16.7. The lowest BCUT2D eigenvalue weighted by molar-refractivity contribution is -0.154. The molecule has 85 heavy (non-hydrogen) atoms. The third-order valence-corrected chi connectivity index (χ3v) is 19.1. The maximum Gasteiger partial charge on any atom is 0.410 e. The summed E-state index contributed by atoms with van der Waals surface area (Å²) in [7, 11) is 4.22. The van der Waals surface area contributed by atoms with Crippen molar-refractivity contribution in [2.45, 2.75) is 112 Å². The van der Waals surface area contributed by atoms with Gasteiger partial charge in [0.25, 0.3) is 0 Å². The molecule has 1 amide bonds. The molecule has 8 unspecified atom stereocenters. The van der Waals surface area contributed by atoms with Crippen LogP contribution in [0, 0.1) is 0 Å². The fourth-order valence-corrected chi connectivity index (χ4v) is 15.2. The number of amides is 1. The van der Waals surface area contributed by atoms with Crippen LogP contribution in [0.3, 0.4) is 0 Å². The normalized spacial score (nSPS) is 25.4. The van der Waals surface area contributed by atoms with Crippen LogP contribution in [0.15, 0.2) is 97.1 Å². The Kier molecular flexibility index (Phi) is 13.6. The maximum atomic E-state index is 13.1. The molecule has 3 aliphatic carbocycles. The first-order valence-corrected chi connectivity index (χ1v) is 29.5. The van der Waals surface area contributed by atoms with E-state index in [-0.39, 0.29) is 81.7 Å². The van der Waals surface area contributed by atoms with Crippen LogP contribution in [0.4, 0.5) is 4.79 Å². The van der Waals surface area contributed by atoms with Crippen LogP contribution in [-0.2, 0) is 51.4 Å². The molecule has 2 saturated heterocycles. The standard InChI is InChI=1S/C25H26N2O6.C21H21NO4.C20H19NO5/c1-27-10-16-14(4-5-18-24(16)32-12-29-18)22-21(33-25(28)17-3-2-6-26-17)8-13-7-19-20(31-11-30-19)9-15(13)23(22)27;23-20(24)19-10-5-11-22(19)21(25)26-13-18-16-8-3-1-6-14(16)12-15-7-2-4-9-17(15)18;1-21-7-13-11(2-3-15-20(13)26-9-23-15)18-14(22)4-10-5-16-17(25-8-24-16)6-12(10)19(18)21/h4-5,7,9,17,21-23,26H,2-3,6,8,10-12H2,1H3;1-4,6-9,18-19H,5,10-13H2,(H,23,24);2-3,5-6,14,18-19,22H,4,7-9H2,1H3. The number of carboxylic acids is 1. The van der Waals surface area contributed by atoms with Crippen LogP contribution in [0.1, 0.15) is 122 Å². The molecule has 0 saturated carbocycles. The van der Waals surface area contributed by atoms with Gasteiger partial charge >= 0.3 is 18.0 Å². The van der Waals surface area contributed by atoms with Crippen molar-refractivity contribution in [1.82, 2.24) is 20.0 Å². The second kappa shape index (κ2) is 21.7. The van der Waals surface area contributed by atoms with Gasteiger partial charge in [-0.1, -0.05) is 60.7 Å². The van der Waals surface area contributed by atoms with Crippen LogP contribution in [0.5, 0.6) is 46.0 Å². The summed E-state index contributed by atoms with van der Waals surface area (Å²) in [5, 5.41) is 23.6. The fourth-order valence-electron chi connectivity index (χ4n) is 15.2. The highest BCUT2D eigenvalue weighted by Gasteiger charge is 2.49. The first kappa shape index (κ1) is 53.5. The number of hydrogen-bond acceptors (Lipinski definition) is 17. The van der Waals surface area contributed by atoms with Crippen molar-refractivity contribution in [3.05, 3.63) is 164 Å². The molecule has 2 fully saturated rings. The number of ether oxygens (including phenoxy) is 10. The van der Waals surface area contributed by atoms with Crippen molar-refractivity contribution < 1.29 is 72.0 Å². The zero-order valence-corrected chi connectivity index (χ0v) is 47.3. The largest absolute Gasteiger partial charge is 0.480 e. The van der Waals surface area contributed by atoms with Gasteiger partial charge in [-0.05, 0) is 151 Å². The molecule has 6 aromatic rings. The summed E-state index contributed by atoms with van der Waals surface area (Å²) in [4.78, 5) is 42.8. The number of nitrogens with one attached hydrogen (secondary N) is 1. The van der Waals surface area contributed by atoms with E-state index >= 15 is 0 Å². The lowest BCUT2D eigenvalue weighted by Gasteiger charge is -2.47. The smallest absolute Gasteiger partial charge is 0.410 e. The van der Waals surface area contributed by atoms with Crippen molar-refractivity contribution in [1.29, 1.82) is 0 Å². The maximum absolute atomic E-state index is 13.1. The number of aliphatic hydroxyl groups excluding tert-OH is 1. The summed E-state index contributed by atoms with van der Waals surface area (Å²) in [6.45, 7) is 3.99. The summed E-state index contributed by atoms with van der Waals surface area (Å²) in [5.74, 6) is 5.16. The van der Waals surface area contributed by atoms with Crippen molar-refractivity contribution in [3.63, 3.8) is 0 Å². The Hall–Kier alpha value is -8.23. The molecule has 3 N–H and O–H groups in total. The number of likely N-dealkylation sites (tertiary alicyclic amines) is 1. The molecule has 11 aliphatic rings. The van der Waals surface area contributed by atoms with Crippen LogP contribution in [0.25, 0.3) is 0 Å². The van der Waals surface area contributed by atoms with Gasteiger partial charge in [-0.25, -0.2) is 9.59 Å². The van der Waals surface area contributed by atoms with Crippen LogP contribution in [0.2, 0.25) is 0 Å². The van der Waals surface area contributed by atoms with E-state index in [1.807, 2.05) is 42.5 Å². The number of hydrogen-bond donors (Lipinski definition) is 3. The van der Waals surface area contributed by atoms with Gasteiger partial charge in [-0.15, -0.1) is 0 Å². The molecule has 19 nitrogen and oxygen atoms in total. The van der Waals surface area contributed by atoms with E-state index in [0.717, 1.165) is 113 Å². The number of esters is 1. The van der Waals surface area contributed by atoms with Crippen LogP contribution < -0.4 is 43.2 Å². The molecular weight excluding hydrogens is 1090 g/mol. The summed E-state index contributed by atoms with van der Waals surface area (Å²) >= 11 is 0. The number of aliphatic hydroxyl groups is 1. The predicted octanol–water partition coefficient (Wildman–Crippen LogP) is 8.37. The lowest BCUT2D eigenvalue weighted by Crippen LogP contribution is -2.46. The van der Waals surface area contributed by atoms with E-state index in [0.29, 0.717) is 32.2 Å². The van der Waals surface area contributed by atoms with Crippen molar-refractivity contribution in [2.75, 3.05) is 61.0 Å². The van der Waals surface area contributed by atoms with Gasteiger partial charge in [0.2, 0.25) is 27.2 Å². The Morgan fingerprint density at radius 3 is 1.72 bits per heavy atom. The quantitative estimate of drug-likeness (QED) is 0.139. The molecule has 440 valence electrons. The van der Waals surface area contributed by atoms with Gasteiger partial charge < -0.3 is 62.9 Å². The van der Waals surface area contributed by atoms with E-state index in [1.165, 1.54) is 43.8 Å². The second-order valence-corrected chi connectivity index (χ2v) is 23.8. The minimum absolute atomic E-state index is 0.00822. The number of carboxylic acid groups (broad SMARTS) is 1. The molecule has 8 atom stereocenters. The second-order valence-electron chi connectivity index (χ2n) is 23.8. The van der Waals surface area contributed by atoms with Crippen LogP contribution >= 0.6 is 0 Å². The summed E-state index contributed by atoms with van der Waals surface area (Å²) in [6.07, 6.45) is 3.83. The first-order valence-electron chi connectivity index (χ1n) is 29.5. The van der Waals surface area contributed by atoms with E-state index in [2.05, 4.69) is 83.8 Å². The number of likely N-dealkylation sites (N-methyl/N-ethyl adjacent to an activating group) is 2. The number of benzene rings is 6. The van der Waals surface area contributed by atoms with E-state index in [9.17, 15) is 24.6 Å². The zero-order chi connectivity index (χ0) is 57.6. The number of nitrogens with zero attached hydrogens (tertiary/aromatic N) is 3. The Morgan fingerprint density at radius 2 is 1.13 bits per heavy atom. The monoisotopic (exact) mass is 1150 g/mol. The lowest BCUT2D eigenvalue weighted by atomic mass is 9.70. The topological polar surface area (TPSA) is 206 Å². The van der Waals surface area contributed by atoms with E-state index in [4.69, 9.17) is 47.4 Å². The first-order chi connectivity index (χ1) is 41.5. The van der Waals surface area contributed by atoms with E-state index in [1.54, 1.807) is 0 Å². The van der Waals surface area contributed by atoms with Crippen molar-refractivity contribution in [3.8, 4) is 46.0 Å². The Labute approximate surface area is 491 Å². The summed E-state index contributed by atoms with van der Waals surface area (Å²) in [6, 6.07) is 32.0. The van der Waals surface area contributed by atoms with Gasteiger partial charge in [-0.2, -0.15) is 0 Å². The highest BCUT2D eigenvalue weighted by Crippen LogP contribution is 2.57. The molecule has 0 spiro atoms. The molecule has 17 rings (SSSR count). The van der Waals surface area contributed by atoms with E-state index < -0.39 is 24.2 Å². The minimum Gasteiger partial charge on any atom is -0.480 e. The third kappa shape index (κ3) is 9.37. The van der Waals surface area contributed by atoms with Gasteiger partial charge in [0.05, 0.1) is 6.10 Å². The number of fused-ring (bicyclic) bond motifs is 18. The molecule has 8 aliphatic heterocycles. The summed E-state index contributed by atoms with van der Waals surface area (Å²) < 4.78 is 57.1. The molecular formula is C66H66N4O15. The number of aliphatic carboxylic acids is 1. The molecule has 19 heteroatoms. The Balaban J connectivity index is 0.000000109. The summed E-state index contributed by atoms with van der Waals surface area (Å²) in [5.41, 5.74) is 14.1. The minimum atomic E-state index is -0.965. The van der Waals surface area contributed by atoms with Gasteiger partial charge in [0.1, 0.15) is 24.8 Å². The zero-order valence-electron chi connectivity index (χ0n) is 47.3. The number of carbonyl (C=O) groups is 3. The molecule has 0 radical (unpaired) electrons. The van der Waals surface area contributed by atoms with Gasteiger partial charge in [-0.3, -0.25) is 19.5 Å².